The van der Waals surface area contributed by atoms with E-state index in [-0.39, 0.29) is 5.82 Å². The summed E-state index contributed by atoms with van der Waals surface area (Å²) < 4.78 is 12.8. The van der Waals surface area contributed by atoms with Crippen molar-refractivity contribution in [2.24, 2.45) is 0 Å². The molecule has 0 unspecified atom stereocenters. The van der Waals surface area contributed by atoms with Crippen molar-refractivity contribution in [3.05, 3.63) is 41.6 Å². The van der Waals surface area contributed by atoms with Crippen molar-refractivity contribution in [3.8, 4) is 11.3 Å². The lowest BCUT2D eigenvalue weighted by atomic mass is 10.2. The summed E-state index contributed by atoms with van der Waals surface area (Å²) in [5.74, 6) is -0.275. The molecule has 1 heterocycles. The minimum absolute atomic E-state index is 0.275. The lowest BCUT2D eigenvalue weighted by molar-refractivity contribution is 0.628. The fourth-order valence-electron chi connectivity index (χ4n) is 1.10. The Morgan fingerprint density at radius 1 is 1.38 bits per heavy atom. The van der Waals surface area contributed by atoms with Gasteiger partial charge in [-0.15, -0.1) is 0 Å². The third-order valence-corrected chi connectivity index (χ3v) is 1.87. The van der Waals surface area contributed by atoms with E-state index in [0.29, 0.717) is 11.0 Å². The second-order valence-electron chi connectivity index (χ2n) is 2.60. The van der Waals surface area contributed by atoms with Gasteiger partial charge in [-0.2, -0.15) is 0 Å². The molecule has 1 aromatic carbocycles. The quantitative estimate of drug-likeness (QED) is 0.747. The van der Waals surface area contributed by atoms with Crippen LogP contribution in [0.5, 0.6) is 0 Å². The van der Waals surface area contributed by atoms with Gasteiger partial charge in [-0.05, 0) is 23.7 Å². The number of hydrogen-bond acceptors (Lipinski definition) is 1. The van der Waals surface area contributed by atoms with Gasteiger partial charge in [-0.1, -0.05) is 12.1 Å². The number of aromatic amines is 1. The number of halogens is 2. The van der Waals surface area contributed by atoms with Gasteiger partial charge in [0, 0.05) is 5.56 Å². The molecule has 2 aromatic rings. The number of nitrogens with zero attached hydrogens (tertiary/aromatic N) is 1. The van der Waals surface area contributed by atoms with Crippen LogP contribution < -0.4 is 0 Å². The van der Waals surface area contributed by atoms with E-state index in [9.17, 15) is 4.39 Å². The van der Waals surface area contributed by atoms with Crippen LogP contribution in [-0.2, 0) is 0 Å². The first kappa shape index (κ1) is 8.26. The monoisotopic (exact) mass is 196 g/mol. The molecule has 0 atom stereocenters. The van der Waals surface area contributed by atoms with Crippen molar-refractivity contribution in [1.29, 1.82) is 0 Å². The average Bonchev–Trinajstić information content (AvgIpc) is 2.52. The van der Waals surface area contributed by atoms with Crippen molar-refractivity contribution in [3.63, 3.8) is 0 Å². The molecule has 0 amide bonds. The molecule has 0 fully saturated rings. The minimum Gasteiger partial charge on any atom is -0.329 e. The summed E-state index contributed by atoms with van der Waals surface area (Å²) in [5, 5.41) is 0.305. The first-order chi connectivity index (χ1) is 6.25. The Morgan fingerprint density at radius 3 is 2.85 bits per heavy atom. The van der Waals surface area contributed by atoms with E-state index in [4.69, 9.17) is 11.6 Å². The van der Waals surface area contributed by atoms with Crippen LogP contribution in [-0.4, -0.2) is 9.97 Å². The predicted octanol–water partition coefficient (Wildman–Crippen LogP) is 2.87. The lowest BCUT2D eigenvalue weighted by Crippen LogP contribution is -1.78. The van der Waals surface area contributed by atoms with Crippen molar-refractivity contribution in [2.75, 3.05) is 0 Å². The van der Waals surface area contributed by atoms with Gasteiger partial charge in [0.2, 0.25) is 0 Å². The fraction of sp³-hybridized carbons (Fsp3) is 0. The second kappa shape index (κ2) is 3.18. The van der Waals surface area contributed by atoms with Crippen LogP contribution in [0.25, 0.3) is 11.3 Å². The van der Waals surface area contributed by atoms with Crippen LogP contribution in [0.2, 0.25) is 5.28 Å². The molecular weight excluding hydrogens is 191 g/mol. The Balaban J connectivity index is 2.46. The number of rotatable bonds is 1. The average molecular weight is 197 g/mol. The molecule has 0 saturated carbocycles. The summed E-state index contributed by atoms with van der Waals surface area (Å²) in [7, 11) is 0. The molecule has 2 nitrogen and oxygen atoms in total. The maximum absolute atomic E-state index is 12.8. The van der Waals surface area contributed by atoms with Crippen molar-refractivity contribution >= 4 is 11.6 Å². The summed E-state index contributed by atoms with van der Waals surface area (Å²) in [4.78, 5) is 6.62. The van der Waals surface area contributed by atoms with Crippen LogP contribution >= 0.6 is 11.6 Å². The van der Waals surface area contributed by atoms with Gasteiger partial charge in [-0.25, -0.2) is 9.37 Å². The van der Waals surface area contributed by atoms with E-state index in [2.05, 4.69) is 9.97 Å². The number of H-pyrrole nitrogens is 1. The molecule has 1 N–H and O–H groups in total. The Morgan fingerprint density at radius 2 is 2.23 bits per heavy atom. The highest BCUT2D eigenvalue weighted by Crippen LogP contribution is 2.18. The summed E-state index contributed by atoms with van der Waals surface area (Å²) in [6.07, 6.45) is 1.57. The molecule has 66 valence electrons. The molecule has 4 heteroatoms. The smallest absolute Gasteiger partial charge is 0.200 e. The zero-order valence-electron chi connectivity index (χ0n) is 6.59. The maximum Gasteiger partial charge on any atom is 0.200 e. The summed E-state index contributed by atoms with van der Waals surface area (Å²) in [6, 6.07) is 6.23. The van der Waals surface area contributed by atoms with E-state index < -0.39 is 0 Å². The number of aromatic nitrogens is 2. The first-order valence-electron chi connectivity index (χ1n) is 3.72. The van der Waals surface area contributed by atoms with E-state index in [1.807, 2.05) is 0 Å². The number of nitrogens with one attached hydrogen (secondary N) is 1. The predicted molar refractivity (Wildman–Crippen MR) is 49.0 cm³/mol. The van der Waals surface area contributed by atoms with Gasteiger partial charge in [0.1, 0.15) is 5.82 Å². The Kier molecular flexibility index (Phi) is 2.02. The van der Waals surface area contributed by atoms with E-state index in [1.165, 1.54) is 12.1 Å². The summed E-state index contributed by atoms with van der Waals surface area (Å²) in [6.45, 7) is 0. The lowest BCUT2D eigenvalue weighted by Gasteiger charge is -1.95. The van der Waals surface area contributed by atoms with E-state index in [0.717, 1.165) is 5.56 Å². The normalized spacial score (nSPS) is 10.3. The van der Waals surface area contributed by atoms with Gasteiger partial charge < -0.3 is 4.98 Å². The molecule has 1 aromatic heterocycles. The second-order valence-corrected chi connectivity index (χ2v) is 2.96. The molecule has 0 aliphatic heterocycles. The highest BCUT2D eigenvalue weighted by molar-refractivity contribution is 6.28. The van der Waals surface area contributed by atoms with Crippen molar-refractivity contribution < 1.29 is 4.39 Å². The number of imidazole rings is 1. The van der Waals surface area contributed by atoms with Gasteiger partial charge in [0.05, 0.1) is 11.9 Å². The molecule has 13 heavy (non-hydrogen) atoms. The fourth-order valence-corrected chi connectivity index (χ4v) is 1.25. The molecule has 0 saturated heterocycles. The summed E-state index contributed by atoms with van der Waals surface area (Å²) >= 11 is 5.59. The van der Waals surface area contributed by atoms with E-state index >= 15 is 0 Å². The third-order valence-electron chi connectivity index (χ3n) is 1.68. The molecular formula is C9H6ClFN2. The Bertz CT molecular complexity index is 425. The van der Waals surface area contributed by atoms with E-state index in [1.54, 1.807) is 18.3 Å². The zero-order valence-corrected chi connectivity index (χ0v) is 7.35. The van der Waals surface area contributed by atoms with Crippen molar-refractivity contribution in [1.82, 2.24) is 9.97 Å². The summed E-state index contributed by atoms with van der Waals surface area (Å²) in [5.41, 5.74) is 1.45. The highest BCUT2D eigenvalue weighted by Gasteiger charge is 2.01. The highest BCUT2D eigenvalue weighted by atomic mass is 35.5. The van der Waals surface area contributed by atoms with Crippen LogP contribution in [0.3, 0.4) is 0 Å². The topological polar surface area (TPSA) is 28.7 Å². The minimum atomic E-state index is -0.275. The van der Waals surface area contributed by atoms with Gasteiger partial charge in [-0.3, -0.25) is 0 Å². The standard InChI is InChI=1S/C9H6ClFN2/c10-9-12-5-8(13-9)6-2-1-3-7(11)4-6/h1-5H,(H,12,13). The molecule has 0 spiro atoms. The Hall–Kier alpha value is -1.35. The Labute approximate surface area is 79.4 Å². The third kappa shape index (κ3) is 1.70. The van der Waals surface area contributed by atoms with Crippen LogP contribution in [0.4, 0.5) is 4.39 Å². The molecule has 2 rings (SSSR count). The molecule has 0 radical (unpaired) electrons. The zero-order chi connectivity index (χ0) is 9.26. The molecule has 0 aliphatic carbocycles. The molecule has 0 aliphatic rings. The van der Waals surface area contributed by atoms with Gasteiger partial charge >= 0.3 is 0 Å². The first-order valence-corrected chi connectivity index (χ1v) is 4.10. The van der Waals surface area contributed by atoms with Crippen molar-refractivity contribution in [2.45, 2.75) is 0 Å². The largest absolute Gasteiger partial charge is 0.329 e. The number of hydrogen-bond donors (Lipinski definition) is 1. The van der Waals surface area contributed by atoms with Crippen LogP contribution in [0.1, 0.15) is 0 Å². The van der Waals surface area contributed by atoms with Crippen LogP contribution in [0, 0.1) is 5.82 Å². The van der Waals surface area contributed by atoms with Gasteiger partial charge in [0.15, 0.2) is 5.28 Å². The maximum atomic E-state index is 12.8. The van der Waals surface area contributed by atoms with Crippen LogP contribution in [0.15, 0.2) is 30.5 Å². The SMILES string of the molecule is Fc1cccc(-c2cnc(Cl)[nH]2)c1. The number of benzene rings is 1. The molecule has 0 bridgehead atoms. The van der Waals surface area contributed by atoms with Gasteiger partial charge in [0.25, 0.3) is 0 Å².